The summed E-state index contributed by atoms with van der Waals surface area (Å²) in [7, 11) is 0. The lowest BCUT2D eigenvalue weighted by atomic mass is 9.97. The molecule has 0 amide bonds. The third-order valence-corrected chi connectivity index (χ3v) is 3.81. The second-order valence-corrected chi connectivity index (χ2v) is 5.44. The molecule has 6 heteroatoms. The Hall–Kier alpha value is -1.82. The summed E-state index contributed by atoms with van der Waals surface area (Å²) in [5.41, 5.74) is 7.44. The van der Waals surface area contributed by atoms with Gasteiger partial charge in [0, 0.05) is 24.6 Å². The first-order chi connectivity index (χ1) is 9.93. The van der Waals surface area contributed by atoms with Crippen molar-refractivity contribution < 1.29 is 13.2 Å². The van der Waals surface area contributed by atoms with E-state index >= 15 is 0 Å². The highest BCUT2D eigenvalue weighted by Crippen LogP contribution is 2.32. The molecule has 2 aromatic rings. The summed E-state index contributed by atoms with van der Waals surface area (Å²) >= 11 is 0. The van der Waals surface area contributed by atoms with Gasteiger partial charge in [-0.15, -0.1) is 0 Å². The molecule has 1 aromatic carbocycles. The van der Waals surface area contributed by atoms with E-state index in [-0.39, 0.29) is 18.0 Å². The van der Waals surface area contributed by atoms with Crippen LogP contribution in [0.5, 0.6) is 0 Å². The Kier molecular flexibility index (Phi) is 3.49. The summed E-state index contributed by atoms with van der Waals surface area (Å²) in [5, 5.41) is 0. The Morgan fingerprint density at radius 2 is 2.05 bits per heavy atom. The summed E-state index contributed by atoms with van der Waals surface area (Å²) in [5.74, 6) is 0.575. The fourth-order valence-electron chi connectivity index (χ4n) is 2.78. The van der Waals surface area contributed by atoms with E-state index in [0.717, 1.165) is 30.3 Å². The number of hydrogen-bond acceptors (Lipinski definition) is 2. The van der Waals surface area contributed by atoms with Crippen LogP contribution in [0.4, 0.5) is 13.2 Å². The van der Waals surface area contributed by atoms with Crippen molar-refractivity contribution >= 4 is 0 Å². The molecule has 1 aliphatic rings. The molecule has 0 saturated carbocycles. The molecule has 3 rings (SSSR count). The van der Waals surface area contributed by atoms with Crippen molar-refractivity contribution in [1.29, 1.82) is 0 Å². The van der Waals surface area contributed by atoms with Gasteiger partial charge in [-0.05, 0) is 24.5 Å². The number of imidazole rings is 1. The Balaban J connectivity index is 1.88. The molecule has 0 fully saturated rings. The normalized spacial score (nSPS) is 18.6. The molecule has 0 aliphatic heterocycles. The molecule has 1 aromatic heterocycles. The van der Waals surface area contributed by atoms with Crippen LogP contribution in [-0.2, 0) is 25.4 Å². The number of benzene rings is 1. The minimum atomic E-state index is -4.34. The minimum absolute atomic E-state index is 0.105. The van der Waals surface area contributed by atoms with E-state index in [0.29, 0.717) is 12.2 Å². The van der Waals surface area contributed by atoms with Crippen molar-refractivity contribution in [3.05, 3.63) is 52.6 Å². The van der Waals surface area contributed by atoms with E-state index < -0.39 is 11.7 Å². The van der Waals surface area contributed by atoms with E-state index in [1.165, 1.54) is 12.1 Å². The van der Waals surface area contributed by atoms with Gasteiger partial charge in [0.2, 0.25) is 0 Å². The number of fused-ring (bicyclic) bond motifs is 1. The van der Waals surface area contributed by atoms with E-state index in [1.807, 2.05) is 0 Å². The predicted molar refractivity (Wildman–Crippen MR) is 72.8 cm³/mol. The van der Waals surface area contributed by atoms with Crippen molar-refractivity contribution in [2.45, 2.75) is 37.9 Å². The Bertz CT molecular complexity index is 646. The van der Waals surface area contributed by atoms with Gasteiger partial charge in [0.05, 0.1) is 11.3 Å². The molecule has 1 aliphatic carbocycles. The predicted octanol–water partition coefficient (Wildman–Crippen LogP) is 2.84. The molecule has 0 spiro atoms. The Labute approximate surface area is 120 Å². The molecule has 0 saturated heterocycles. The van der Waals surface area contributed by atoms with Gasteiger partial charge in [0.1, 0.15) is 5.82 Å². The number of nitrogens with two attached hydrogens (primary N) is 1. The number of aromatic nitrogens is 2. The lowest BCUT2D eigenvalue weighted by Crippen LogP contribution is -2.27. The number of nitrogens with zero attached hydrogens (tertiary/aromatic N) is 1. The molecule has 1 unspecified atom stereocenters. The van der Waals surface area contributed by atoms with Crippen LogP contribution in [0.15, 0.2) is 24.3 Å². The Morgan fingerprint density at radius 3 is 2.81 bits per heavy atom. The Morgan fingerprint density at radius 1 is 1.29 bits per heavy atom. The monoisotopic (exact) mass is 295 g/mol. The average Bonchev–Trinajstić information content (AvgIpc) is 2.79. The van der Waals surface area contributed by atoms with Crippen LogP contribution >= 0.6 is 0 Å². The van der Waals surface area contributed by atoms with Gasteiger partial charge in [-0.1, -0.05) is 18.2 Å². The molecule has 112 valence electrons. The quantitative estimate of drug-likeness (QED) is 0.895. The summed E-state index contributed by atoms with van der Waals surface area (Å²) in [6.07, 6.45) is -1.82. The standard InChI is InChI=1S/C15H16F3N3/c16-15(17,18)11-4-2-1-3-9(11)7-14-20-12-6-5-10(19)8-13(12)21-14/h1-4,10H,5-8,19H2,(H,20,21). The molecule has 1 atom stereocenters. The maximum absolute atomic E-state index is 13.0. The van der Waals surface area contributed by atoms with Gasteiger partial charge in [-0.2, -0.15) is 13.2 Å². The molecule has 3 N–H and O–H groups in total. The van der Waals surface area contributed by atoms with Gasteiger partial charge in [0.15, 0.2) is 0 Å². The zero-order valence-corrected chi connectivity index (χ0v) is 11.4. The maximum atomic E-state index is 13.0. The van der Waals surface area contributed by atoms with Crippen molar-refractivity contribution in [1.82, 2.24) is 9.97 Å². The zero-order chi connectivity index (χ0) is 15.0. The summed E-state index contributed by atoms with van der Waals surface area (Å²) in [6, 6.07) is 5.72. The molecular weight excluding hydrogens is 279 g/mol. The van der Waals surface area contributed by atoms with Crippen LogP contribution in [0, 0.1) is 0 Å². The number of hydrogen-bond donors (Lipinski definition) is 2. The van der Waals surface area contributed by atoms with E-state index in [9.17, 15) is 13.2 Å². The minimum Gasteiger partial charge on any atom is -0.345 e. The highest BCUT2D eigenvalue weighted by molar-refractivity contribution is 5.33. The highest BCUT2D eigenvalue weighted by atomic mass is 19.4. The summed E-state index contributed by atoms with van der Waals surface area (Å²) in [6.45, 7) is 0. The van der Waals surface area contributed by atoms with Crippen molar-refractivity contribution in [2.24, 2.45) is 5.73 Å². The van der Waals surface area contributed by atoms with Crippen LogP contribution in [0.25, 0.3) is 0 Å². The number of H-pyrrole nitrogens is 1. The van der Waals surface area contributed by atoms with Gasteiger partial charge in [0.25, 0.3) is 0 Å². The van der Waals surface area contributed by atoms with Gasteiger partial charge >= 0.3 is 6.18 Å². The van der Waals surface area contributed by atoms with E-state index in [1.54, 1.807) is 6.07 Å². The first kappa shape index (κ1) is 14.1. The number of alkyl halides is 3. The number of halogens is 3. The van der Waals surface area contributed by atoms with Crippen LogP contribution in [-0.4, -0.2) is 16.0 Å². The van der Waals surface area contributed by atoms with E-state index in [2.05, 4.69) is 9.97 Å². The molecule has 1 heterocycles. The molecule has 0 bridgehead atoms. The lowest BCUT2D eigenvalue weighted by Gasteiger charge is -2.16. The summed E-state index contributed by atoms with van der Waals surface area (Å²) < 4.78 is 38.9. The third-order valence-electron chi connectivity index (χ3n) is 3.81. The molecule has 21 heavy (non-hydrogen) atoms. The van der Waals surface area contributed by atoms with Crippen LogP contribution in [0.2, 0.25) is 0 Å². The molecular formula is C15H16F3N3. The van der Waals surface area contributed by atoms with Crippen LogP contribution < -0.4 is 5.73 Å². The third kappa shape index (κ3) is 2.95. The number of aryl methyl sites for hydroxylation is 1. The van der Waals surface area contributed by atoms with Crippen LogP contribution in [0.1, 0.15) is 34.8 Å². The summed E-state index contributed by atoms with van der Waals surface area (Å²) in [4.78, 5) is 7.56. The van der Waals surface area contributed by atoms with Crippen LogP contribution in [0.3, 0.4) is 0 Å². The highest BCUT2D eigenvalue weighted by Gasteiger charge is 2.33. The van der Waals surface area contributed by atoms with E-state index in [4.69, 9.17) is 5.73 Å². The number of nitrogens with one attached hydrogen (secondary N) is 1. The SMILES string of the molecule is NC1CCc2nc(Cc3ccccc3C(F)(F)F)[nH]c2C1. The van der Waals surface area contributed by atoms with Gasteiger partial charge < -0.3 is 10.7 Å². The maximum Gasteiger partial charge on any atom is 0.416 e. The second kappa shape index (κ2) is 5.18. The molecule has 0 radical (unpaired) electrons. The average molecular weight is 295 g/mol. The van der Waals surface area contributed by atoms with Gasteiger partial charge in [-0.25, -0.2) is 4.98 Å². The smallest absolute Gasteiger partial charge is 0.345 e. The lowest BCUT2D eigenvalue weighted by molar-refractivity contribution is -0.138. The largest absolute Gasteiger partial charge is 0.416 e. The second-order valence-electron chi connectivity index (χ2n) is 5.44. The zero-order valence-electron chi connectivity index (χ0n) is 11.4. The fraction of sp³-hybridized carbons (Fsp3) is 0.400. The van der Waals surface area contributed by atoms with Crippen molar-refractivity contribution in [2.75, 3.05) is 0 Å². The number of aromatic amines is 1. The fourth-order valence-corrected chi connectivity index (χ4v) is 2.78. The number of rotatable bonds is 2. The first-order valence-corrected chi connectivity index (χ1v) is 6.91. The van der Waals surface area contributed by atoms with Crippen molar-refractivity contribution in [3.63, 3.8) is 0 Å². The topological polar surface area (TPSA) is 54.7 Å². The van der Waals surface area contributed by atoms with Gasteiger partial charge in [-0.3, -0.25) is 0 Å². The molecule has 3 nitrogen and oxygen atoms in total. The first-order valence-electron chi connectivity index (χ1n) is 6.91. The van der Waals surface area contributed by atoms with Crippen molar-refractivity contribution in [3.8, 4) is 0 Å².